The Hall–Kier alpha value is -2.06. The largest absolute Gasteiger partial charge is 0.490 e. The molecule has 0 bridgehead atoms. The zero-order valence-corrected chi connectivity index (χ0v) is 12.1. The highest BCUT2D eigenvalue weighted by molar-refractivity contribution is 9.10. The second-order valence-corrected chi connectivity index (χ2v) is 4.83. The van der Waals surface area contributed by atoms with Gasteiger partial charge in [0.05, 0.1) is 11.6 Å². The zero-order chi connectivity index (χ0) is 14.4. The molecular formula is C15H11BrFNO2. The molecule has 0 aromatic heterocycles. The second-order valence-electron chi connectivity index (χ2n) is 3.91. The van der Waals surface area contributed by atoms with Crippen molar-refractivity contribution in [3.05, 3.63) is 58.3 Å². The quantitative estimate of drug-likeness (QED) is 0.778. The summed E-state index contributed by atoms with van der Waals surface area (Å²) in [7, 11) is 0. The van der Waals surface area contributed by atoms with Crippen LogP contribution < -0.4 is 9.47 Å². The van der Waals surface area contributed by atoms with E-state index in [1.165, 1.54) is 12.1 Å². The molecule has 0 heterocycles. The van der Waals surface area contributed by atoms with Crippen LogP contribution in [0, 0.1) is 17.1 Å². The molecule has 0 N–H and O–H groups in total. The smallest absolute Gasteiger partial charge is 0.166 e. The van der Waals surface area contributed by atoms with Gasteiger partial charge in [-0.2, -0.15) is 5.26 Å². The van der Waals surface area contributed by atoms with Gasteiger partial charge in [-0.05, 0) is 36.4 Å². The third kappa shape index (κ3) is 3.97. The van der Waals surface area contributed by atoms with Crippen LogP contribution in [0.25, 0.3) is 0 Å². The normalized spacial score (nSPS) is 9.85. The van der Waals surface area contributed by atoms with E-state index in [1.807, 2.05) is 30.3 Å². The fourth-order valence-electron chi connectivity index (χ4n) is 1.56. The minimum Gasteiger partial charge on any atom is -0.490 e. The molecule has 0 atom stereocenters. The molecule has 0 amide bonds. The zero-order valence-electron chi connectivity index (χ0n) is 10.5. The maximum absolute atomic E-state index is 13.5. The van der Waals surface area contributed by atoms with Crippen molar-refractivity contribution in [2.24, 2.45) is 0 Å². The summed E-state index contributed by atoms with van der Waals surface area (Å²) < 4.78 is 25.2. The number of hydrogen-bond donors (Lipinski definition) is 0. The van der Waals surface area contributed by atoms with Crippen molar-refractivity contribution in [2.75, 3.05) is 13.2 Å². The Labute approximate surface area is 124 Å². The lowest BCUT2D eigenvalue weighted by molar-refractivity contribution is 0.211. The number of benzene rings is 2. The Morgan fingerprint density at radius 1 is 1.10 bits per heavy atom. The summed E-state index contributed by atoms with van der Waals surface area (Å²) in [5, 5.41) is 8.63. The van der Waals surface area contributed by atoms with Crippen LogP contribution in [0.4, 0.5) is 4.39 Å². The van der Waals surface area contributed by atoms with Crippen molar-refractivity contribution < 1.29 is 13.9 Å². The first-order valence-electron chi connectivity index (χ1n) is 5.90. The van der Waals surface area contributed by atoms with Crippen LogP contribution in [-0.4, -0.2) is 13.2 Å². The first-order valence-corrected chi connectivity index (χ1v) is 6.69. The molecule has 2 aromatic rings. The van der Waals surface area contributed by atoms with E-state index in [2.05, 4.69) is 15.9 Å². The first kappa shape index (κ1) is 14.4. The fourth-order valence-corrected chi connectivity index (χ4v) is 1.93. The molecule has 0 aliphatic rings. The summed E-state index contributed by atoms with van der Waals surface area (Å²) in [5.41, 5.74) is 0.264. The van der Waals surface area contributed by atoms with Crippen molar-refractivity contribution in [1.29, 1.82) is 5.26 Å². The number of ether oxygens (including phenoxy) is 2. The van der Waals surface area contributed by atoms with E-state index >= 15 is 0 Å². The maximum atomic E-state index is 13.5. The van der Waals surface area contributed by atoms with Gasteiger partial charge in [0.1, 0.15) is 19.0 Å². The van der Waals surface area contributed by atoms with Crippen LogP contribution in [0.15, 0.2) is 46.9 Å². The van der Waals surface area contributed by atoms with Gasteiger partial charge in [-0.15, -0.1) is 0 Å². The molecule has 2 aromatic carbocycles. The molecule has 102 valence electrons. The Balaban J connectivity index is 1.83. The van der Waals surface area contributed by atoms with Gasteiger partial charge in [-0.25, -0.2) is 4.39 Å². The highest BCUT2D eigenvalue weighted by Gasteiger charge is 2.04. The third-order valence-electron chi connectivity index (χ3n) is 2.47. The van der Waals surface area contributed by atoms with Gasteiger partial charge in [0.25, 0.3) is 0 Å². The van der Waals surface area contributed by atoms with Crippen LogP contribution in [0.3, 0.4) is 0 Å². The summed E-state index contributed by atoms with van der Waals surface area (Å²) in [4.78, 5) is 0. The highest BCUT2D eigenvalue weighted by Crippen LogP contribution is 2.19. The van der Waals surface area contributed by atoms with Crippen LogP contribution in [0.1, 0.15) is 5.56 Å². The molecule has 0 radical (unpaired) electrons. The Bertz CT molecular complexity index is 640. The number of hydrogen-bond acceptors (Lipinski definition) is 3. The van der Waals surface area contributed by atoms with E-state index in [0.29, 0.717) is 12.4 Å². The van der Waals surface area contributed by atoms with Gasteiger partial charge in [0, 0.05) is 4.47 Å². The van der Waals surface area contributed by atoms with E-state index in [0.717, 1.165) is 10.5 Å². The number of rotatable bonds is 5. The van der Waals surface area contributed by atoms with E-state index in [1.54, 1.807) is 0 Å². The molecule has 0 spiro atoms. The molecular weight excluding hydrogens is 325 g/mol. The number of nitriles is 1. The van der Waals surface area contributed by atoms with Gasteiger partial charge < -0.3 is 9.47 Å². The molecule has 0 aliphatic carbocycles. The minimum atomic E-state index is -0.550. The Morgan fingerprint density at radius 3 is 2.60 bits per heavy atom. The molecule has 0 unspecified atom stereocenters. The Kier molecular flexibility index (Phi) is 4.97. The third-order valence-corrected chi connectivity index (χ3v) is 2.96. The second kappa shape index (κ2) is 6.92. The first-order chi connectivity index (χ1) is 9.69. The lowest BCUT2D eigenvalue weighted by Gasteiger charge is -2.09. The molecule has 5 heteroatoms. The van der Waals surface area contributed by atoms with E-state index in [-0.39, 0.29) is 17.9 Å². The van der Waals surface area contributed by atoms with Crippen molar-refractivity contribution in [3.63, 3.8) is 0 Å². The topological polar surface area (TPSA) is 42.2 Å². The monoisotopic (exact) mass is 335 g/mol. The van der Waals surface area contributed by atoms with E-state index in [4.69, 9.17) is 14.7 Å². The molecule has 0 saturated carbocycles. The van der Waals surface area contributed by atoms with Crippen LogP contribution >= 0.6 is 15.9 Å². The minimum absolute atomic E-state index is 0.113. The molecule has 3 nitrogen and oxygen atoms in total. The van der Waals surface area contributed by atoms with Crippen molar-refractivity contribution >= 4 is 15.9 Å². The average Bonchev–Trinajstić information content (AvgIpc) is 2.45. The van der Waals surface area contributed by atoms with E-state index < -0.39 is 5.82 Å². The van der Waals surface area contributed by atoms with Crippen LogP contribution in [0.5, 0.6) is 11.5 Å². The highest BCUT2D eigenvalue weighted by atomic mass is 79.9. The molecule has 2 rings (SSSR count). The average molecular weight is 336 g/mol. The van der Waals surface area contributed by atoms with Gasteiger partial charge >= 0.3 is 0 Å². The summed E-state index contributed by atoms with van der Waals surface area (Å²) in [6, 6.07) is 13.4. The molecule has 0 aliphatic heterocycles. The summed E-state index contributed by atoms with van der Waals surface area (Å²) in [5.74, 6) is 0.275. The van der Waals surface area contributed by atoms with Crippen LogP contribution in [-0.2, 0) is 0 Å². The predicted molar refractivity (Wildman–Crippen MR) is 76.2 cm³/mol. The summed E-state index contributed by atoms with van der Waals surface area (Å²) in [6.07, 6.45) is 0. The SMILES string of the molecule is N#Cc1ccc(OCCOc2cccc(Br)c2)c(F)c1. The van der Waals surface area contributed by atoms with E-state index in [9.17, 15) is 4.39 Å². The maximum Gasteiger partial charge on any atom is 0.166 e. The molecule has 20 heavy (non-hydrogen) atoms. The van der Waals surface area contributed by atoms with Gasteiger partial charge in [0.15, 0.2) is 11.6 Å². The summed E-state index contributed by atoms with van der Waals surface area (Å²) >= 11 is 3.34. The standard InChI is InChI=1S/C15H11BrFNO2/c16-12-2-1-3-13(9-12)19-6-7-20-15-5-4-11(10-18)8-14(15)17/h1-5,8-9H,6-7H2. The molecule has 0 saturated heterocycles. The Morgan fingerprint density at radius 2 is 1.90 bits per heavy atom. The summed E-state index contributed by atoms with van der Waals surface area (Å²) in [6.45, 7) is 0.519. The van der Waals surface area contributed by atoms with Crippen LogP contribution in [0.2, 0.25) is 0 Å². The lowest BCUT2D eigenvalue weighted by atomic mass is 10.2. The molecule has 0 fully saturated rings. The number of nitrogens with zero attached hydrogens (tertiary/aromatic N) is 1. The van der Waals surface area contributed by atoms with Gasteiger partial charge in [-0.1, -0.05) is 22.0 Å². The lowest BCUT2D eigenvalue weighted by Crippen LogP contribution is -2.09. The van der Waals surface area contributed by atoms with Gasteiger partial charge in [0.2, 0.25) is 0 Å². The van der Waals surface area contributed by atoms with Crippen molar-refractivity contribution in [2.45, 2.75) is 0 Å². The van der Waals surface area contributed by atoms with Crippen molar-refractivity contribution in [3.8, 4) is 17.6 Å². The fraction of sp³-hybridized carbons (Fsp3) is 0.133. The van der Waals surface area contributed by atoms with Gasteiger partial charge in [-0.3, -0.25) is 0 Å². The predicted octanol–water partition coefficient (Wildman–Crippen LogP) is 3.92. The number of halogens is 2. The van der Waals surface area contributed by atoms with Crippen molar-refractivity contribution in [1.82, 2.24) is 0 Å².